The number of anilines is 1. The fourth-order valence-corrected chi connectivity index (χ4v) is 1.09. The average Bonchev–Trinajstić information content (AvgIpc) is 2.16. The summed E-state index contributed by atoms with van der Waals surface area (Å²) in [5, 5.41) is 8.66. The molecule has 0 radical (unpaired) electrons. The van der Waals surface area contributed by atoms with Crippen molar-refractivity contribution in [1.82, 2.24) is 0 Å². The largest absolute Gasteiger partial charge is 0.495 e. The van der Waals surface area contributed by atoms with Crippen LogP contribution in [0.4, 0.5) is 5.69 Å². The number of carbonyl (C=O) groups is 1. The zero-order valence-corrected chi connectivity index (χ0v) is 7.73. The molecule has 0 fully saturated rings. The number of rotatable bonds is 3. The molecule has 0 bridgehead atoms. The second kappa shape index (κ2) is 3.97. The molecule has 1 aromatic carbocycles. The Balaban J connectivity index is 3.02. The zero-order valence-electron chi connectivity index (χ0n) is 7.73. The summed E-state index contributed by atoms with van der Waals surface area (Å²) in [5.41, 5.74) is 11.8. The maximum atomic E-state index is 10.6. The Morgan fingerprint density at radius 3 is 2.64 bits per heavy atom. The van der Waals surface area contributed by atoms with Crippen LogP contribution < -0.4 is 16.2 Å². The summed E-state index contributed by atoms with van der Waals surface area (Å²) in [4.78, 5) is 10.6. The normalized spacial score (nSPS) is 12.1. The second-order valence-electron chi connectivity index (χ2n) is 2.82. The minimum absolute atomic E-state index is 0.377. The van der Waals surface area contributed by atoms with Crippen molar-refractivity contribution < 1.29 is 14.6 Å². The molecule has 5 heteroatoms. The van der Waals surface area contributed by atoms with E-state index in [1.165, 1.54) is 13.2 Å². The van der Waals surface area contributed by atoms with E-state index in [4.69, 9.17) is 21.3 Å². The van der Waals surface area contributed by atoms with Gasteiger partial charge in [0.15, 0.2) is 0 Å². The van der Waals surface area contributed by atoms with Gasteiger partial charge in [0.2, 0.25) is 0 Å². The predicted octanol–water partition coefficient (Wildman–Crippen LogP) is 0.362. The van der Waals surface area contributed by atoms with Gasteiger partial charge in [0.1, 0.15) is 11.8 Å². The van der Waals surface area contributed by atoms with E-state index in [0.29, 0.717) is 17.0 Å². The number of methoxy groups -OCH3 is 1. The van der Waals surface area contributed by atoms with Crippen molar-refractivity contribution in [3.05, 3.63) is 23.8 Å². The van der Waals surface area contributed by atoms with Gasteiger partial charge in [0.05, 0.1) is 12.8 Å². The molecule has 1 aromatic rings. The maximum Gasteiger partial charge on any atom is 0.325 e. The molecule has 0 saturated carbocycles. The molecule has 5 nitrogen and oxygen atoms in total. The van der Waals surface area contributed by atoms with Crippen molar-refractivity contribution in [2.24, 2.45) is 5.73 Å². The average molecular weight is 196 g/mol. The van der Waals surface area contributed by atoms with Gasteiger partial charge in [0.25, 0.3) is 0 Å². The fourth-order valence-electron chi connectivity index (χ4n) is 1.09. The molecule has 1 unspecified atom stereocenters. The number of ether oxygens (including phenoxy) is 1. The highest BCUT2D eigenvalue weighted by atomic mass is 16.5. The van der Waals surface area contributed by atoms with Crippen molar-refractivity contribution >= 4 is 11.7 Å². The number of nitrogens with two attached hydrogens (primary N) is 2. The lowest BCUT2D eigenvalue weighted by molar-refractivity contribution is -0.138. The Hall–Kier alpha value is -1.75. The Morgan fingerprint density at radius 2 is 2.21 bits per heavy atom. The van der Waals surface area contributed by atoms with Gasteiger partial charge in [-0.2, -0.15) is 0 Å². The number of carboxylic acids is 1. The van der Waals surface area contributed by atoms with Gasteiger partial charge < -0.3 is 21.3 Å². The van der Waals surface area contributed by atoms with E-state index in [2.05, 4.69) is 0 Å². The van der Waals surface area contributed by atoms with Gasteiger partial charge >= 0.3 is 5.97 Å². The number of carboxylic acid groups (broad SMARTS) is 1. The highest BCUT2D eigenvalue weighted by molar-refractivity contribution is 5.76. The molecule has 5 N–H and O–H groups in total. The molecule has 0 heterocycles. The zero-order chi connectivity index (χ0) is 10.7. The van der Waals surface area contributed by atoms with Crippen molar-refractivity contribution in [2.45, 2.75) is 6.04 Å². The van der Waals surface area contributed by atoms with Crippen molar-refractivity contribution in [2.75, 3.05) is 12.8 Å². The predicted molar refractivity (Wildman–Crippen MR) is 52.0 cm³/mol. The third-order valence-electron chi connectivity index (χ3n) is 1.88. The lowest BCUT2D eigenvalue weighted by Gasteiger charge is -2.09. The van der Waals surface area contributed by atoms with E-state index in [0.717, 1.165) is 0 Å². The summed E-state index contributed by atoms with van der Waals surface area (Å²) in [6.45, 7) is 0. The van der Waals surface area contributed by atoms with Crippen LogP contribution in [0.25, 0.3) is 0 Å². The third-order valence-corrected chi connectivity index (χ3v) is 1.88. The summed E-state index contributed by atoms with van der Waals surface area (Å²) < 4.78 is 4.93. The number of benzene rings is 1. The summed E-state index contributed by atoms with van der Waals surface area (Å²) in [6.07, 6.45) is 0. The van der Waals surface area contributed by atoms with Crippen LogP contribution in [0.3, 0.4) is 0 Å². The van der Waals surface area contributed by atoms with Crippen LogP contribution in [-0.4, -0.2) is 18.2 Å². The van der Waals surface area contributed by atoms with Gasteiger partial charge in [-0.1, -0.05) is 6.07 Å². The summed E-state index contributed by atoms with van der Waals surface area (Å²) in [6, 6.07) is 3.61. The quantitative estimate of drug-likeness (QED) is 0.606. The number of hydrogen-bond acceptors (Lipinski definition) is 4. The molecule has 0 aromatic heterocycles. The number of hydrogen-bond donors (Lipinski definition) is 3. The highest BCUT2D eigenvalue weighted by Gasteiger charge is 2.15. The molecule has 0 aliphatic rings. The minimum Gasteiger partial charge on any atom is -0.495 e. The van der Waals surface area contributed by atoms with E-state index < -0.39 is 12.0 Å². The van der Waals surface area contributed by atoms with Crippen molar-refractivity contribution in [3.8, 4) is 5.75 Å². The van der Waals surface area contributed by atoms with Crippen LogP contribution in [0.15, 0.2) is 18.2 Å². The third kappa shape index (κ3) is 1.94. The van der Waals surface area contributed by atoms with Crippen LogP contribution in [0, 0.1) is 0 Å². The Kier molecular flexibility index (Phi) is 2.93. The summed E-state index contributed by atoms with van der Waals surface area (Å²) in [7, 11) is 1.49. The molecule has 1 atom stereocenters. The molecular formula is C9H12N2O3. The Labute approximate surface area is 81.3 Å². The molecule has 0 amide bonds. The van der Waals surface area contributed by atoms with E-state index >= 15 is 0 Å². The standard InChI is InChI=1S/C9H12N2O3/c1-14-7-3-2-5(4-6(7)10)8(11)9(12)13/h2-4,8H,10-11H2,1H3,(H,12,13). The van der Waals surface area contributed by atoms with Gasteiger partial charge in [-0.15, -0.1) is 0 Å². The van der Waals surface area contributed by atoms with Crippen LogP contribution in [0.2, 0.25) is 0 Å². The Morgan fingerprint density at radius 1 is 1.57 bits per heavy atom. The minimum atomic E-state index is -1.09. The smallest absolute Gasteiger partial charge is 0.325 e. The van der Waals surface area contributed by atoms with Crippen LogP contribution in [0.1, 0.15) is 11.6 Å². The molecule has 0 aliphatic heterocycles. The molecule has 1 rings (SSSR count). The molecule has 0 saturated heterocycles. The number of aliphatic carboxylic acids is 1. The Bertz CT molecular complexity index is 352. The second-order valence-corrected chi connectivity index (χ2v) is 2.82. The highest BCUT2D eigenvalue weighted by Crippen LogP contribution is 2.24. The van der Waals surface area contributed by atoms with Crippen LogP contribution in [-0.2, 0) is 4.79 Å². The molecular weight excluding hydrogens is 184 g/mol. The number of nitrogen functional groups attached to an aromatic ring is 1. The van der Waals surface area contributed by atoms with Crippen LogP contribution >= 0.6 is 0 Å². The molecule has 14 heavy (non-hydrogen) atoms. The van der Waals surface area contributed by atoms with Crippen molar-refractivity contribution in [3.63, 3.8) is 0 Å². The first kappa shape index (κ1) is 10.3. The lowest BCUT2D eigenvalue weighted by Crippen LogP contribution is -2.20. The topological polar surface area (TPSA) is 98.6 Å². The maximum absolute atomic E-state index is 10.6. The van der Waals surface area contributed by atoms with Gasteiger partial charge in [-0.3, -0.25) is 4.79 Å². The summed E-state index contributed by atoms with van der Waals surface area (Å²) >= 11 is 0. The van der Waals surface area contributed by atoms with Gasteiger partial charge in [-0.05, 0) is 17.7 Å². The van der Waals surface area contributed by atoms with Gasteiger partial charge in [0, 0.05) is 0 Å². The fraction of sp³-hybridized carbons (Fsp3) is 0.222. The first-order chi connectivity index (χ1) is 6.56. The van der Waals surface area contributed by atoms with E-state index in [-0.39, 0.29) is 0 Å². The molecule has 76 valence electrons. The van der Waals surface area contributed by atoms with E-state index in [9.17, 15) is 4.79 Å². The molecule has 0 aliphatic carbocycles. The monoisotopic (exact) mass is 196 g/mol. The lowest BCUT2D eigenvalue weighted by atomic mass is 10.1. The van der Waals surface area contributed by atoms with E-state index in [1.54, 1.807) is 12.1 Å². The first-order valence-corrected chi connectivity index (χ1v) is 3.98. The van der Waals surface area contributed by atoms with E-state index in [1.807, 2.05) is 0 Å². The summed E-state index contributed by atoms with van der Waals surface area (Å²) in [5.74, 6) is -0.582. The van der Waals surface area contributed by atoms with Crippen LogP contribution in [0.5, 0.6) is 5.75 Å². The first-order valence-electron chi connectivity index (χ1n) is 3.98. The van der Waals surface area contributed by atoms with Gasteiger partial charge in [-0.25, -0.2) is 0 Å². The molecule has 0 spiro atoms. The SMILES string of the molecule is COc1ccc(C(N)C(=O)O)cc1N. The van der Waals surface area contributed by atoms with Crippen molar-refractivity contribution in [1.29, 1.82) is 0 Å².